The van der Waals surface area contributed by atoms with Gasteiger partial charge in [-0.15, -0.1) is 10.1 Å². The van der Waals surface area contributed by atoms with E-state index in [-0.39, 0.29) is 11.5 Å². The summed E-state index contributed by atoms with van der Waals surface area (Å²) in [5, 5.41) is 13.9. The maximum Gasteiger partial charge on any atom is 0.294 e. The Morgan fingerprint density at radius 3 is 2.62 bits per heavy atom. The van der Waals surface area contributed by atoms with Gasteiger partial charge >= 0.3 is 0 Å². The van der Waals surface area contributed by atoms with Gasteiger partial charge in [-0.1, -0.05) is 6.08 Å². The van der Waals surface area contributed by atoms with E-state index >= 15 is 0 Å². The minimum atomic E-state index is -3.29. The lowest BCUT2D eigenvalue weighted by Crippen LogP contribution is -2.01. The Balaban J connectivity index is 1.93. The first-order valence-corrected chi connectivity index (χ1v) is 10.5. The summed E-state index contributed by atoms with van der Waals surface area (Å²) in [6.45, 7) is -0.0351. The Labute approximate surface area is 167 Å². The molecule has 0 bridgehead atoms. The third-order valence-corrected chi connectivity index (χ3v) is 5.09. The molecule has 0 aliphatic heterocycles. The number of sulfone groups is 1. The fourth-order valence-electron chi connectivity index (χ4n) is 2.63. The minimum Gasteiger partial charge on any atom is -0.314 e. The van der Waals surface area contributed by atoms with E-state index in [2.05, 4.69) is 14.9 Å². The SMILES string of the molecule is CS(=O)(=O)c1ccc(-n2nc(/C=C\CCO[N+](=O)[O-])cc2-c2cccnc2)cc1. The minimum absolute atomic E-state index is 0.0351. The molecule has 1 aromatic carbocycles. The summed E-state index contributed by atoms with van der Waals surface area (Å²) in [5.74, 6) is 0. The van der Waals surface area contributed by atoms with Gasteiger partial charge in [0.25, 0.3) is 5.09 Å². The zero-order valence-corrected chi connectivity index (χ0v) is 16.3. The van der Waals surface area contributed by atoms with Crippen LogP contribution in [-0.4, -0.2) is 41.1 Å². The molecule has 150 valence electrons. The summed E-state index contributed by atoms with van der Waals surface area (Å²) in [4.78, 5) is 18.8. The lowest BCUT2D eigenvalue weighted by Gasteiger charge is -2.08. The fourth-order valence-corrected chi connectivity index (χ4v) is 3.26. The topological polar surface area (TPSA) is 117 Å². The summed E-state index contributed by atoms with van der Waals surface area (Å²) in [6, 6.07) is 12.0. The molecule has 0 N–H and O–H groups in total. The van der Waals surface area contributed by atoms with Crippen LogP contribution in [0.5, 0.6) is 0 Å². The zero-order valence-electron chi connectivity index (χ0n) is 15.5. The predicted octanol–water partition coefficient (Wildman–Crippen LogP) is 2.95. The first-order valence-electron chi connectivity index (χ1n) is 8.59. The van der Waals surface area contributed by atoms with Crippen LogP contribution >= 0.6 is 0 Å². The molecule has 0 spiro atoms. The highest BCUT2D eigenvalue weighted by Crippen LogP contribution is 2.24. The summed E-state index contributed by atoms with van der Waals surface area (Å²) in [6.07, 6.45) is 8.36. The number of hydrogen-bond donors (Lipinski definition) is 0. The van der Waals surface area contributed by atoms with Gasteiger partial charge in [-0.2, -0.15) is 5.10 Å². The van der Waals surface area contributed by atoms with Crippen molar-refractivity contribution in [2.24, 2.45) is 0 Å². The molecule has 0 fully saturated rings. The molecule has 0 aliphatic rings. The van der Waals surface area contributed by atoms with Crippen molar-refractivity contribution in [1.82, 2.24) is 14.8 Å². The smallest absolute Gasteiger partial charge is 0.294 e. The fraction of sp³-hybridized carbons (Fsp3) is 0.158. The monoisotopic (exact) mass is 414 g/mol. The molecule has 0 saturated carbocycles. The van der Waals surface area contributed by atoms with Gasteiger partial charge in [-0.3, -0.25) is 4.98 Å². The third-order valence-electron chi connectivity index (χ3n) is 3.96. The molecule has 29 heavy (non-hydrogen) atoms. The number of hydrogen-bond acceptors (Lipinski definition) is 7. The largest absolute Gasteiger partial charge is 0.314 e. The number of pyridine rings is 1. The second-order valence-corrected chi connectivity index (χ2v) is 8.14. The van der Waals surface area contributed by atoms with Crippen LogP contribution < -0.4 is 0 Å². The van der Waals surface area contributed by atoms with Crippen molar-refractivity contribution in [3.8, 4) is 16.9 Å². The maximum absolute atomic E-state index is 11.7. The van der Waals surface area contributed by atoms with E-state index in [1.165, 1.54) is 12.1 Å². The van der Waals surface area contributed by atoms with Crippen molar-refractivity contribution >= 4 is 15.9 Å². The Hall–Kier alpha value is -3.53. The van der Waals surface area contributed by atoms with Crippen molar-refractivity contribution in [2.45, 2.75) is 11.3 Å². The lowest BCUT2D eigenvalue weighted by molar-refractivity contribution is -0.757. The zero-order chi connectivity index (χ0) is 20.9. The highest BCUT2D eigenvalue weighted by Gasteiger charge is 2.12. The molecule has 0 unspecified atom stereocenters. The molecule has 0 atom stereocenters. The highest BCUT2D eigenvalue weighted by atomic mass is 32.2. The van der Waals surface area contributed by atoms with E-state index in [9.17, 15) is 18.5 Å². The predicted molar refractivity (Wildman–Crippen MR) is 107 cm³/mol. The van der Waals surface area contributed by atoms with Crippen LogP contribution in [0.1, 0.15) is 12.1 Å². The Kier molecular flexibility index (Phi) is 6.03. The molecule has 0 aliphatic carbocycles. The molecule has 0 amide bonds. The van der Waals surface area contributed by atoms with Crippen LogP contribution in [0.3, 0.4) is 0 Å². The van der Waals surface area contributed by atoms with E-state index in [0.717, 1.165) is 17.5 Å². The van der Waals surface area contributed by atoms with Gasteiger partial charge in [0.05, 0.1) is 28.6 Å². The van der Waals surface area contributed by atoms with E-state index in [1.54, 1.807) is 41.4 Å². The van der Waals surface area contributed by atoms with Crippen LogP contribution in [-0.2, 0) is 14.7 Å². The van der Waals surface area contributed by atoms with Crippen LogP contribution in [0.25, 0.3) is 23.0 Å². The Morgan fingerprint density at radius 2 is 2.00 bits per heavy atom. The van der Waals surface area contributed by atoms with Crippen molar-refractivity contribution in [2.75, 3.05) is 12.9 Å². The number of rotatable bonds is 8. The molecular formula is C19H18N4O5S. The van der Waals surface area contributed by atoms with Crippen LogP contribution in [0.4, 0.5) is 0 Å². The first kappa shape index (κ1) is 20.2. The molecule has 3 rings (SSSR count). The second-order valence-electron chi connectivity index (χ2n) is 6.12. The Morgan fingerprint density at radius 1 is 1.24 bits per heavy atom. The molecule has 10 heteroatoms. The van der Waals surface area contributed by atoms with Crippen molar-refractivity contribution in [3.05, 3.63) is 76.7 Å². The van der Waals surface area contributed by atoms with E-state index in [1.807, 2.05) is 18.2 Å². The molecule has 9 nitrogen and oxygen atoms in total. The summed E-state index contributed by atoms with van der Waals surface area (Å²) >= 11 is 0. The first-order chi connectivity index (χ1) is 13.8. The van der Waals surface area contributed by atoms with Crippen LogP contribution in [0.15, 0.2) is 65.8 Å². The van der Waals surface area contributed by atoms with E-state index in [4.69, 9.17) is 0 Å². The van der Waals surface area contributed by atoms with Crippen molar-refractivity contribution < 1.29 is 18.3 Å². The molecule has 3 aromatic rings. The normalized spacial score (nSPS) is 11.6. The Bertz CT molecular complexity index is 1120. The highest BCUT2D eigenvalue weighted by molar-refractivity contribution is 7.90. The van der Waals surface area contributed by atoms with Gasteiger partial charge in [-0.25, -0.2) is 13.1 Å². The lowest BCUT2D eigenvalue weighted by atomic mass is 10.2. The van der Waals surface area contributed by atoms with Gasteiger partial charge in [0, 0.05) is 24.2 Å². The van der Waals surface area contributed by atoms with Crippen molar-refractivity contribution in [1.29, 1.82) is 0 Å². The van der Waals surface area contributed by atoms with Crippen LogP contribution in [0.2, 0.25) is 0 Å². The quantitative estimate of drug-likeness (QED) is 0.316. The van der Waals surface area contributed by atoms with E-state index < -0.39 is 14.9 Å². The molecule has 0 saturated heterocycles. The molecule has 2 aromatic heterocycles. The average molecular weight is 414 g/mol. The average Bonchev–Trinajstić information content (AvgIpc) is 3.12. The number of nitrogens with zero attached hydrogens (tertiary/aromatic N) is 4. The number of benzene rings is 1. The van der Waals surface area contributed by atoms with Crippen LogP contribution in [0, 0.1) is 10.1 Å². The maximum atomic E-state index is 11.7. The van der Waals surface area contributed by atoms with Gasteiger partial charge in [0.1, 0.15) is 0 Å². The van der Waals surface area contributed by atoms with Gasteiger partial charge in [-0.05, 0) is 55.0 Å². The summed E-state index contributed by atoms with van der Waals surface area (Å²) in [7, 11) is -3.29. The molecule has 2 heterocycles. The van der Waals surface area contributed by atoms with Gasteiger partial charge in [0.15, 0.2) is 9.84 Å². The van der Waals surface area contributed by atoms with E-state index in [0.29, 0.717) is 17.8 Å². The third kappa shape index (κ3) is 5.26. The summed E-state index contributed by atoms with van der Waals surface area (Å²) in [5.41, 5.74) is 2.93. The molecule has 0 radical (unpaired) electrons. The van der Waals surface area contributed by atoms with Crippen molar-refractivity contribution in [3.63, 3.8) is 0 Å². The standard InChI is InChI=1S/C19H18N4O5S/c1-29(26,27)18-9-7-17(8-10-18)22-19(15-5-4-11-20-14-15)13-16(21-22)6-2-3-12-28-23(24)25/h2,4-11,13-14H,3,12H2,1H3/b6-2-. The second kappa shape index (κ2) is 8.65. The van der Waals surface area contributed by atoms with Gasteiger partial charge < -0.3 is 4.84 Å². The molecular weight excluding hydrogens is 396 g/mol. The number of aromatic nitrogens is 3. The van der Waals surface area contributed by atoms with Gasteiger partial charge in [0.2, 0.25) is 0 Å². The summed E-state index contributed by atoms with van der Waals surface area (Å²) < 4.78 is 25.1.